The van der Waals surface area contributed by atoms with E-state index in [9.17, 15) is 0 Å². The smallest absolute Gasteiger partial charge is 0.222 e. The first kappa shape index (κ1) is 15.8. The van der Waals surface area contributed by atoms with Crippen LogP contribution < -0.4 is 28.3 Å². The topological polar surface area (TPSA) is 142 Å². The second kappa shape index (κ2) is 6.95. The minimum Gasteiger partial charge on any atom is -0.397 e. The molecule has 0 aliphatic carbocycles. The molecule has 0 atom stereocenters. The third-order valence-electron chi connectivity index (χ3n) is 3.40. The van der Waals surface area contributed by atoms with Gasteiger partial charge in [0, 0.05) is 12.1 Å². The Bertz CT molecular complexity index is 655. The maximum Gasteiger partial charge on any atom is 0.222 e. The molecular formula is C15H23N7. The van der Waals surface area contributed by atoms with Gasteiger partial charge in [-0.2, -0.15) is 4.98 Å². The van der Waals surface area contributed by atoms with Crippen molar-refractivity contribution < 1.29 is 0 Å². The molecule has 0 bridgehead atoms. The van der Waals surface area contributed by atoms with Crippen LogP contribution in [0.3, 0.4) is 0 Å². The fraction of sp³-hybridized carbons (Fsp3) is 0.333. The molecule has 0 aliphatic rings. The quantitative estimate of drug-likeness (QED) is 0.398. The van der Waals surface area contributed by atoms with Crippen molar-refractivity contribution in [3.05, 3.63) is 23.9 Å². The fourth-order valence-corrected chi connectivity index (χ4v) is 2.32. The molecule has 1 heterocycles. The number of nitrogens with one attached hydrogen (secondary N) is 1. The Kier molecular flexibility index (Phi) is 5.00. The van der Waals surface area contributed by atoms with Gasteiger partial charge in [-0.25, -0.2) is 4.98 Å². The van der Waals surface area contributed by atoms with Gasteiger partial charge in [0.25, 0.3) is 0 Å². The van der Waals surface area contributed by atoms with Crippen LogP contribution in [0.1, 0.15) is 19.0 Å². The van der Waals surface area contributed by atoms with Gasteiger partial charge in [-0.3, -0.25) is 0 Å². The SMILES string of the molecule is CCc1nc(N)nc(N)c1-c1ccc(NCCCN)c(N)c1. The Balaban J connectivity index is 2.36. The molecule has 2 rings (SSSR count). The summed E-state index contributed by atoms with van der Waals surface area (Å²) >= 11 is 0. The summed E-state index contributed by atoms with van der Waals surface area (Å²) in [5, 5.41) is 3.26. The molecule has 7 nitrogen and oxygen atoms in total. The van der Waals surface area contributed by atoms with Crippen LogP contribution in [-0.2, 0) is 6.42 Å². The minimum atomic E-state index is 0.186. The van der Waals surface area contributed by atoms with Crippen molar-refractivity contribution in [1.82, 2.24) is 9.97 Å². The summed E-state index contributed by atoms with van der Waals surface area (Å²) in [6.07, 6.45) is 1.60. The number of benzene rings is 1. The molecule has 22 heavy (non-hydrogen) atoms. The molecule has 0 radical (unpaired) electrons. The zero-order valence-corrected chi connectivity index (χ0v) is 12.8. The Hall–Kier alpha value is -2.54. The Morgan fingerprint density at radius 2 is 1.91 bits per heavy atom. The lowest BCUT2D eigenvalue weighted by Crippen LogP contribution is -2.10. The van der Waals surface area contributed by atoms with E-state index in [0.717, 1.165) is 35.5 Å². The van der Waals surface area contributed by atoms with Crippen LogP contribution in [-0.4, -0.2) is 23.1 Å². The number of rotatable bonds is 6. The van der Waals surface area contributed by atoms with Crippen LogP contribution in [0.5, 0.6) is 0 Å². The highest BCUT2D eigenvalue weighted by Crippen LogP contribution is 2.32. The van der Waals surface area contributed by atoms with Crippen LogP contribution >= 0.6 is 0 Å². The summed E-state index contributed by atoms with van der Waals surface area (Å²) in [6.45, 7) is 3.42. The highest BCUT2D eigenvalue weighted by atomic mass is 15.0. The van der Waals surface area contributed by atoms with E-state index >= 15 is 0 Å². The number of nitrogen functional groups attached to an aromatic ring is 3. The first-order valence-electron chi connectivity index (χ1n) is 7.32. The van der Waals surface area contributed by atoms with Gasteiger partial charge in [0.05, 0.1) is 17.1 Å². The third kappa shape index (κ3) is 3.37. The average Bonchev–Trinajstić information content (AvgIpc) is 2.48. The fourth-order valence-electron chi connectivity index (χ4n) is 2.32. The van der Waals surface area contributed by atoms with Crippen molar-refractivity contribution >= 4 is 23.1 Å². The standard InChI is InChI=1S/C15H23N7/c1-2-11-13(14(18)22-15(19)21-11)9-4-5-12(10(17)8-9)20-7-3-6-16/h4-5,8,20H,2-3,6-7,16-17H2,1H3,(H4,18,19,21,22). The largest absolute Gasteiger partial charge is 0.397 e. The van der Waals surface area contributed by atoms with E-state index in [2.05, 4.69) is 15.3 Å². The first-order chi connectivity index (χ1) is 10.6. The molecule has 0 fully saturated rings. The van der Waals surface area contributed by atoms with E-state index in [-0.39, 0.29) is 5.95 Å². The van der Waals surface area contributed by atoms with Crippen LogP contribution in [0.4, 0.5) is 23.1 Å². The van der Waals surface area contributed by atoms with Crippen molar-refractivity contribution in [2.24, 2.45) is 5.73 Å². The van der Waals surface area contributed by atoms with E-state index in [0.29, 0.717) is 24.5 Å². The number of hydrogen-bond acceptors (Lipinski definition) is 7. The number of hydrogen-bond donors (Lipinski definition) is 5. The average molecular weight is 301 g/mol. The lowest BCUT2D eigenvalue weighted by Gasteiger charge is -2.14. The highest BCUT2D eigenvalue weighted by Gasteiger charge is 2.13. The van der Waals surface area contributed by atoms with E-state index in [1.54, 1.807) is 0 Å². The molecule has 0 saturated carbocycles. The van der Waals surface area contributed by atoms with Crippen LogP contribution in [0.2, 0.25) is 0 Å². The first-order valence-corrected chi connectivity index (χ1v) is 7.32. The third-order valence-corrected chi connectivity index (χ3v) is 3.40. The van der Waals surface area contributed by atoms with E-state index in [1.165, 1.54) is 0 Å². The van der Waals surface area contributed by atoms with Gasteiger partial charge in [0.2, 0.25) is 5.95 Å². The van der Waals surface area contributed by atoms with Crippen LogP contribution in [0, 0.1) is 0 Å². The van der Waals surface area contributed by atoms with E-state index in [1.807, 2.05) is 25.1 Å². The van der Waals surface area contributed by atoms with Gasteiger partial charge in [0.1, 0.15) is 5.82 Å². The summed E-state index contributed by atoms with van der Waals surface area (Å²) in [6, 6.07) is 5.75. The molecule has 9 N–H and O–H groups in total. The monoisotopic (exact) mass is 301 g/mol. The molecule has 7 heteroatoms. The van der Waals surface area contributed by atoms with Crippen molar-refractivity contribution in [2.45, 2.75) is 19.8 Å². The second-order valence-electron chi connectivity index (χ2n) is 5.01. The predicted molar refractivity (Wildman–Crippen MR) is 92.2 cm³/mol. The van der Waals surface area contributed by atoms with Gasteiger partial charge >= 0.3 is 0 Å². The van der Waals surface area contributed by atoms with Gasteiger partial charge in [-0.05, 0) is 37.1 Å². The van der Waals surface area contributed by atoms with E-state index < -0.39 is 0 Å². The van der Waals surface area contributed by atoms with Gasteiger partial charge in [-0.1, -0.05) is 13.0 Å². The van der Waals surface area contributed by atoms with Gasteiger partial charge < -0.3 is 28.3 Å². The van der Waals surface area contributed by atoms with E-state index in [4.69, 9.17) is 22.9 Å². The molecule has 118 valence electrons. The molecule has 1 aromatic carbocycles. The summed E-state index contributed by atoms with van der Waals surface area (Å²) < 4.78 is 0. The number of nitrogens with zero attached hydrogens (tertiary/aromatic N) is 2. The minimum absolute atomic E-state index is 0.186. The van der Waals surface area contributed by atoms with Gasteiger partial charge in [0.15, 0.2) is 0 Å². The van der Waals surface area contributed by atoms with Gasteiger partial charge in [-0.15, -0.1) is 0 Å². The molecule has 0 saturated heterocycles. The zero-order chi connectivity index (χ0) is 16.1. The van der Waals surface area contributed by atoms with Crippen molar-refractivity contribution in [2.75, 3.05) is 35.6 Å². The lowest BCUT2D eigenvalue weighted by molar-refractivity contribution is 0.875. The molecule has 1 aromatic heterocycles. The summed E-state index contributed by atoms with van der Waals surface area (Å²) in [5.41, 5.74) is 27.3. The molecule has 0 aliphatic heterocycles. The molecule has 0 spiro atoms. The predicted octanol–water partition coefficient (Wildman–Crippen LogP) is 1.21. The number of anilines is 4. The second-order valence-corrected chi connectivity index (χ2v) is 5.01. The number of nitrogens with two attached hydrogens (primary N) is 4. The summed E-state index contributed by atoms with van der Waals surface area (Å²) in [4.78, 5) is 8.30. The highest BCUT2D eigenvalue weighted by molar-refractivity contribution is 5.82. The van der Waals surface area contributed by atoms with Crippen LogP contribution in [0.25, 0.3) is 11.1 Å². The van der Waals surface area contributed by atoms with Crippen molar-refractivity contribution in [1.29, 1.82) is 0 Å². The van der Waals surface area contributed by atoms with Crippen LogP contribution in [0.15, 0.2) is 18.2 Å². The molecule has 2 aromatic rings. The van der Waals surface area contributed by atoms with Crippen molar-refractivity contribution in [3.8, 4) is 11.1 Å². The summed E-state index contributed by atoms with van der Waals surface area (Å²) in [7, 11) is 0. The molecular weight excluding hydrogens is 278 g/mol. The van der Waals surface area contributed by atoms with Crippen molar-refractivity contribution in [3.63, 3.8) is 0 Å². The molecule has 0 amide bonds. The zero-order valence-electron chi connectivity index (χ0n) is 12.8. The Morgan fingerprint density at radius 3 is 2.55 bits per heavy atom. The Morgan fingerprint density at radius 1 is 1.14 bits per heavy atom. The number of aryl methyl sites for hydroxylation is 1. The maximum absolute atomic E-state index is 6.11. The molecule has 0 unspecified atom stereocenters. The normalized spacial score (nSPS) is 10.6. The summed E-state index contributed by atoms with van der Waals surface area (Å²) in [5.74, 6) is 0.554. The Labute approximate surface area is 130 Å². The maximum atomic E-state index is 6.11. The number of aromatic nitrogens is 2. The lowest BCUT2D eigenvalue weighted by atomic mass is 10.0.